The molecule has 4 aliphatic rings. The third kappa shape index (κ3) is 11.1. The van der Waals surface area contributed by atoms with Gasteiger partial charge >= 0.3 is 0 Å². The summed E-state index contributed by atoms with van der Waals surface area (Å²) in [5, 5.41) is 6.97. The maximum Gasteiger partial charge on any atom is 0.145 e. The van der Waals surface area contributed by atoms with E-state index in [0.717, 1.165) is 185 Å². The average Bonchev–Trinajstić information content (AvgIpc) is 1.52. The van der Waals surface area contributed by atoms with Crippen LogP contribution in [-0.4, -0.2) is 34.5 Å². The lowest BCUT2D eigenvalue weighted by Gasteiger charge is -2.39. The van der Waals surface area contributed by atoms with Crippen LogP contribution in [0.3, 0.4) is 0 Å². The monoisotopic (exact) mass is 1590 g/mol. The Bertz CT molecular complexity index is 8020. The summed E-state index contributed by atoms with van der Waals surface area (Å²) in [4.78, 5) is 30.2. The lowest BCUT2D eigenvalue weighted by Crippen LogP contribution is -2.32. The van der Waals surface area contributed by atoms with E-state index in [-0.39, 0.29) is 0 Å². The first kappa shape index (κ1) is 71.3. The highest BCUT2D eigenvalue weighted by molar-refractivity contribution is 6.21. The third-order valence-electron chi connectivity index (χ3n) is 25.9. The van der Waals surface area contributed by atoms with Crippen molar-refractivity contribution in [2.24, 2.45) is 0 Å². The number of aromatic nitrogens is 7. The van der Waals surface area contributed by atoms with Crippen LogP contribution in [-0.2, 0) is 10.8 Å². The first-order valence-electron chi connectivity index (χ1n) is 42.4. The topological polar surface area (TPSA) is 101 Å². The normalized spacial score (nSPS) is 13.1. The summed E-state index contributed by atoms with van der Waals surface area (Å²) in [7, 11) is 0. The van der Waals surface area contributed by atoms with Crippen molar-refractivity contribution in [2.45, 2.75) is 10.8 Å². The standard InChI is InChI=1S/C59H36N4O.C57H35N3O/c1-3-18-45-42(16-1)57-48(59(45)46-19-4-7-24-54(46)64-55-25-8-5-20-47(55)59)31-30-44-56(57)43-17-2-6-21-49(43)63-58(44)40-15-13-14-39(34-40)37-26-28-38(29-27-37)41-35-52(50-22-9-11-32-60-50)62-53(36-41)51-23-10-12-33-61-51;1-2-17-40(18-3-1)60-50-26-11-10-25-49(50)59-56(60)37-31-29-36(30-32-37)38-15-14-16-39(35-38)55-43-33-34-47-54(53(43)42-20-5-9-24-48(42)58-55)41-19-4-6-21-44(41)57(47)45-22-7-12-27-51(45)61-52-28-13-8-23-46(52)57/h1-36H;1-35H. The fraction of sp³-hybridized carbons (Fsp3) is 0.0172. The van der Waals surface area contributed by atoms with Gasteiger partial charge in [-0.15, -0.1) is 0 Å². The molecule has 6 aromatic heterocycles. The molecule has 0 atom stereocenters. The molecule has 0 saturated heterocycles. The van der Waals surface area contributed by atoms with Crippen molar-refractivity contribution in [1.29, 1.82) is 0 Å². The van der Waals surface area contributed by atoms with Gasteiger partial charge in [0.1, 0.15) is 28.8 Å². The summed E-state index contributed by atoms with van der Waals surface area (Å²) >= 11 is 0. The van der Waals surface area contributed by atoms with Crippen LogP contribution in [0.25, 0.3) is 172 Å². The number of ether oxygens (including phenoxy) is 2. The van der Waals surface area contributed by atoms with E-state index in [1.807, 2.05) is 48.5 Å². The Kier molecular flexibility index (Phi) is 16.3. The minimum absolute atomic E-state index is 0.548. The van der Waals surface area contributed by atoms with Gasteiger partial charge in [-0.2, -0.15) is 0 Å². The van der Waals surface area contributed by atoms with Crippen molar-refractivity contribution in [1.82, 2.24) is 34.5 Å². The Morgan fingerprint density at radius 2 is 0.608 bits per heavy atom. The SMILES string of the molecule is c1ccc(-c2cc(-c3ccc(-c4cccc(-c5nc6ccccc6c6c7c(ccc56)C5(c6ccccc6Oc6ccccc65)c5ccccc5-7)c4)cc3)cc(-c3ccccn3)n2)nc1.c1ccc(-n2c(-c3ccc(-c4cccc(-c5nc6ccccc6c6c7c(ccc56)C5(c6ccccc6Oc6ccccc65)c5ccccc5-7)c4)cc3)nc3ccccc32)cc1. The first-order chi connectivity index (χ1) is 62.0. The molecule has 0 amide bonds. The van der Waals surface area contributed by atoms with Crippen molar-refractivity contribution in [3.8, 4) is 141 Å². The van der Waals surface area contributed by atoms with Gasteiger partial charge in [-0.05, 0) is 187 Å². The molecule has 2 aliphatic heterocycles. The third-order valence-corrected chi connectivity index (χ3v) is 25.9. The van der Waals surface area contributed by atoms with E-state index in [2.05, 4.69) is 385 Å². The van der Waals surface area contributed by atoms with Crippen molar-refractivity contribution in [2.75, 3.05) is 0 Å². The highest BCUT2D eigenvalue weighted by Gasteiger charge is 2.53. The summed E-state index contributed by atoms with van der Waals surface area (Å²) in [6, 6.07) is 149. The molecule has 9 nitrogen and oxygen atoms in total. The molecule has 2 aliphatic carbocycles. The van der Waals surface area contributed by atoms with Gasteiger partial charge in [0.15, 0.2) is 0 Å². The van der Waals surface area contributed by atoms with E-state index in [1.165, 1.54) is 55.3 Å². The number of imidazole rings is 1. The van der Waals surface area contributed by atoms with E-state index in [4.69, 9.17) is 29.4 Å². The van der Waals surface area contributed by atoms with E-state index in [1.54, 1.807) is 12.4 Å². The summed E-state index contributed by atoms with van der Waals surface area (Å²) in [6.45, 7) is 0. The number of pyridine rings is 5. The Morgan fingerprint density at radius 3 is 1.07 bits per heavy atom. The number of hydrogen-bond donors (Lipinski definition) is 0. The molecule has 125 heavy (non-hydrogen) atoms. The van der Waals surface area contributed by atoms with Gasteiger partial charge in [-0.25, -0.2) is 19.9 Å². The van der Waals surface area contributed by atoms with Gasteiger partial charge < -0.3 is 9.47 Å². The summed E-state index contributed by atoms with van der Waals surface area (Å²) in [6.07, 6.45) is 3.60. The molecule has 22 aromatic rings. The molecule has 26 rings (SSSR count). The predicted octanol–water partition coefficient (Wildman–Crippen LogP) is 28.6. The second-order valence-electron chi connectivity index (χ2n) is 32.5. The molecule has 0 radical (unpaired) electrons. The predicted molar refractivity (Wildman–Crippen MR) is 505 cm³/mol. The van der Waals surface area contributed by atoms with Crippen molar-refractivity contribution in [3.05, 3.63) is 475 Å². The number of nitrogens with zero attached hydrogens (tertiary/aromatic N) is 7. The molecule has 0 fully saturated rings. The van der Waals surface area contributed by atoms with Crippen molar-refractivity contribution < 1.29 is 9.47 Å². The zero-order chi connectivity index (χ0) is 82.3. The van der Waals surface area contributed by atoms with Crippen LogP contribution in [0.15, 0.2) is 431 Å². The van der Waals surface area contributed by atoms with Gasteiger partial charge in [0, 0.05) is 89.3 Å². The lowest BCUT2D eigenvalue weighted by molar-refractivity contribution is 0.436. The Labute approximate surface area is 720 Å². The highest BCUT2D eigenvalue weighted by Crippen LogP contribution is 2.66. The molecular formula is C116H71N7O2. The van der Waals surface area contributed by atoms with Crippen LogP contribution in [0.4, 0.5) is 0 Å². The number of benzene rings is 16. The maximum atomic E-state index is 6.63. The van der Waals surface area contributed by atoms with Crippen LogP contribution < -0.4 is 9.47 Å². The number of rotatable bonds is 9. The molecule has 0 bridgehead atoms. The zero-order valence-electron chi connectivity index (χ0n) is 67.4. The number of fused-ring (bicyclic) bond motifs is 27. The second-order valence-corrected chi connectivity index (χ2v) is 32.5. The van der Waals surface area contributed by atoms with Crippen LogP contribution >= 0.6 is 0 Å². The van der Waals surface area contributed by atoms with Gasteiger partial charge in [-0.3, -0.25) is 14.5 Å². The van der Waals surface area contributed by atoms with Gasteiger partial charge in [0.2, 0.25) is 0 Å². The molecule has 16 aromatic carbocycles. The number of para-hydroxylation sites is 9. The summed E-state index contributed by atoms with van der Waals surface area (Å²) < 4.78 is 15.5. The smallest absolute Gasteiger partial charge is 0.145 e. The molecule has 2 spiro atoms. The van der Waals surface area contributed by atoms with Crippen LogP contribution in [0.2, 0.25) is 0 Å². The maximum absolute atomic E-state index is 6.63. The van der Waals surface area contributed by atoms with Crippen LogP contribution in [0.1, 0.15) is 44.5 Å². The van der Waals surface area contributed by atoms with Crippen LogP contribution in [0, 0.1) is 0 Å². The van der Waals surface area contributed by atoms with E-state index in [9.17, 15) is 0 Å². The number of hydrogen-bond acceptors (Lipinski definition) is 8. The van der Waals surface area contributed by atoms with Gasteiger partial charge in [0.05, 0.1) is 67.1 Å². The molecule has 9 heteroatoms. The minimum atomic E-state index is -0.557. The minimum Gasteiger partial charge on any atom is -0.457 e. The molecule has 0 unspecified atom stereocenters. The summed E-state index contributed by atoms with van der Waals surface area (Å²) in [5.41, 5.74) is 33.7. The van der Waals surface area contributed by atoms with E-state index in [0.29, 0.717) is 0 Å². The fourth-order valence-electron chi connectivity index (χ4n) is 20.6. The molecule has 0 saturated carbocycles. The Hall–Kier alpha value is -16.6. The van der Waals surface area contributed by atoms with Crippen molar-refractivity contribution >= 4 is 54.4 Å². The molecular weight excluding hydrogens is 1520 g/mol. The second kappa shape index (κ2) is 28.5. The zero-order valence-corrected chi connectivity index (χ0v) is 67.4. The quantitative estimate of drug-likeness (QED) is 0.132. The highest BCUT2D eigenvalue weighted by atomic mass is 16.5. The van der Waals surface area contributed by atoms with Gasteiger partial charge in [-0.1, -0.05) is 309 Å². The Balaban J connectivity index is 0.000000137. The van der Waals surface area contributed by atoms with Crippen molar-refractivity contribution in [3.63, 3.8) is 0 Å². The Morgan fingerprint density at radius 1 is 0.224 bits per heavy atom. The van der Waals surface area contributed by atoms with E-state index < -0.39 is 10.8 Å². The molecule has 8 heterocycles. The fourth-order valence-corrected chi connectivity index (χ4v) is 20.6. The first-order valence-corrected chi connectivity index (χ1v) is 42.4. The van der Waals surface area contributed by atoms with Gasteiger partial charge in [0.25, 0.3) is 0 Å². The largest absolute Gasteiger partial charge is 0.457 e. The summed E-state index contributed by atoms with van der Waals surface area (Å²) in [5.74, 6) is 4.48. The average molecular weight is 1590 g/mol. The van der Waals surface area contributed by atoms with Crippen LogP contribution in [0.5, 0.6) is 23.0 Å². The lowest BCUT2D eigenvalue weighted by atomic mass is 9.66. The molecule has 0 N–H and O–H groups in total. The van der Waals surface area contributed by atoms with E-state index >= 15 is 0 Å². The molecule has 582 valence electrons.